The van der Waals surface area contributed by atoms with E-state index >= 15 is 4.39 Å². The molecule has 8 atom stereocenters. The highest BCUT2D eigenvalue weighted by molar-refractivity contribution is 6.31. The minimum atomic E-state index is -2.50. The number of phenols is 2. The minimum absolute atomic E-state index is 0.0136. The fraction of sp³-hybridized carbons (Fsp3) is 0.467. The van der Waals surface area contributed by atoms with E-state index in [2.05, 4.69) is 0 Å². The van der Waals surface area contributed by atoms with Crippen LogP contribution in [0.2, 0.25) is 0 Å². The number of alkyl halides is 1. The van der Waals surface area contributed by atoms with Crippen LogP contribution in [0.15, 0.2) is 18.2 Å². The van der Waals surface area contributed by atoms with E-state index in [1.54, 1.807) is 0 Å². The summed E-state index contributed by atoms with van der Waals surface area (Å²) in [4.78, 5) is 52.5. The van der Waals surface area contributed by atoms with Crippen LogP contribution in [0.25, 0.3) is 0 Å². The molecule has 5 rings (SSSR count). The Hall–Kier alpha value is -3.99. The quantitative estimate of drug-likeness (QED) is 0.147. The summed E-state index contributed by atoms with van der Waals surface area (Å²) in [5, 5.41) is 54.8. The highest BCUT2D eigenvalue weighted by Crippen LogP contribution is 2.52. The molecule has 2 aromatic carbocycles. The number of phenolic OH excluding ortho intramolecular Hbond substituents is 2. The number of fused-ring (bicyclic) bond motifs is 3. The van der Waals surface area contributed by atoms with Gasteiger partial charge in [-0.25, -0.2) is 4.39 Å². The summed E-state index contributed by atoms with van der Waals surface area (Å²) in [7, 11) is 1.27. The summed E-state index contributed by atoms with van der Waals surface area (Å²) in [5.41, 5.74) is 0.661. The van der Waals surface area contributed by atoms with Gasteiger partial charge in [-0.15, -0.1) is 0 Å². The Bertz CT molecular complexity index is 1590. The number of esters is 1. The van der Waals surface area contributed by atoms with Crippen molar-refractivity contribution in [2.24, 2.45) is 5.73 Å². The molecule has 0 aromatic heterocycles. The van der Waals surface area contributed by atoms with Crippen molar-refractivity contribution >= 4 is 23.3 Å². The Morgan fingerprint density at radius 2 is 1.78 bits per heavy atom. The van der Waals surface area contributed by atoms with Gasteiger partial charge >= 0.3 is 5.97 Å². The number of aromatic hydroxyl groups is 2. The van der Waals surface area contributed by atoms with E-state index in [0.29, 0.717) is 0 Å². The molecule has 1 aliphatic heterocycles. The molecule has 0 radical (unpaired) electrons. The van der Waals surface area contributed by atoms with Crippen LogP contribution in [0.5, 0.6) is 17.2 Å². The topological polar surface area (TPSA) is 232 Å². The monoisotopic (exact) mass is 633 g/mol. The Morgan fingerprint density at radius 3 is 2.42 bits per heavy atom. The molecular weight excluding hydrogens is 601 g/mol. The van der Waals surface area contributed by atoms with Crippen molar-refractivity contribution in [3.8, 4) is 17.2 Å². The third-order valence-corrected chi connectivity index (χ3v) is 8.38. The number of carbonyl (C=O) groups excluding carboxylic acids is 4. The van der Waals surface area contributed by atoms with Crippen molar-refractivity contribution in [2.75, 3.05) is 13.7 Å². The first-order valence-electron chi connectivity index (χ1n) is 14.0. The molecule has 0 unspecified atom stereocenters. The van der Waals surface area contributed by atoms with Gasteiger partial charge in [-0.05, 0) is 19.9 Å². The normalized spacial score (nSPS) is 29.7. The van der Waals surface area contributed by atoms with Crippen molar-refractivity contribution in [3.63, 3.8) is 0 Å². The number of halogens is 1. The van der Waals surface area contributed by atoms with Gasteiger partial charge in [-0.1, -0.05) is 12.1 Å². The molecule has 0 amide bonds. The van der Waals surface area contributed by atoms with Gasteiger partial charge in [0, 0.05) is 29.5 Å². The van der Waals surface area contributed by atoms with Gasteiger partial charge in [-0.3, -0.25) is 19.2 Å². The lowest BCUT2D eigenvalue weighted by Gasteiger charge is -2.43. The number of hydrogen-bond acceptors (Lipinski definition) is 14. The van der Waals surface area contributed by atoms with Crippen molar-refractivity contribution in [2.45, 2.75) is 75.2 Å². The van der Waals surface area contributed by atoms with Crippen LogP contribution in [0.3, 0.4) is 0 Å². The van der Waals surface area contributed by atoms with Crippen molar-refractivity contribution in [1.29, 1.82) is 0 Å². The van der Waals surface area contributed by atoms with Gasteiger partial charge in [0.15, 0.2) is 24.9 Å². The summed E-state index contributed by atoms with van der Waals surface area (Å²) in [6.45, 7) is 1.67. The van der Waals surface area contributed by atoms with E-state index in [0.717, 1.165) is 0 Å². The van der Waals surface area contributed by atoms with Crippen LogP contribution >= 0.6 is 0 Å². The number of aliphatic hydroxyl groups excluding tert-OH is 2. The second-order valence-corrected chi connectivity index (χ2v) is 11.4. The standard InChI is InChI=1S/C30H32FNO13/c1-10(32)28(40)43-9-16(33)30(41)7-13-18(15(8-30)45-29-21(31)27(39)22(34)11(2)44-29)26(38)20-19(24(13)36)23(35)12-5-4-6-14(42-3)17(12)25(20)37/h4-6,10-11,15,21-22,27,29,34,36,38-39,41H,7-9,32H2,1-3H3/t10-,11-,15-,21+,22+,27-,29-,30-/m0/s1. The second kappa shape index (κ2) is 11.7. The highest BCUT2D eigenvalue weighted by atomic mass is 19.1. The van der Waals surface area contributed by atoms with E-state index in [4.69, 9.17) is 24.7 Å². The summed E-state index contributed by atoms with van der Waals surface area (Å²) >= 11 is 0. The third-order valence-electron chi connectivity index (χ3n) is 8.38. The smallest absolute Gasteiger partial charge is 0.323 e. The van der Waals surface area contributed by atoms with Crippen LogP contribution in [0.1, 0.15) is 69.3 Å². The summed E-state index contributed by atoms with van der Waals surface area (Å²) in [6.07, 6.45) is -12.2. The lowest BCUT2D eigenvalue weighted by atomic mass is 9.72. The summed E-state index contributed by atoms with van der Waals surface area (Å²) < 4.78 is 36.4. The number of methoxy groups -OCH3 is 1. The van der Waals surface area contributed by atoms with Gasteiger partial charge in [0.1, 0.15) is 41.1 Å². The lowest BCUT2D eigenvalue weighted by Crippen LogP contribution is -2.56. The molecule has 0 saturated carbocycles. The first kappa shape index (κ1) is 32.4. The van der Waals surface area contributed by atoms with Crippen molar-refractivity contribution < 1.29 is 68.0 Å². The Kier molecular flexibility index (Phi) is 8.46. The number of rotatable bonds is 7. The van der Waals surface area contributed by atoms with Gasteiger partial charge < -0.3 is 50.2 Å². The summed E-state index contributed by atoms with van der Waals surface area (Å²) in [6, 6.07) is 3.08. The number of ketones is 3. The van der Waals surface area contributed by atoms with Crippen LogP contribution < -0.4 is 10.5 Å². The van der Waals surface area contributed by atoms with E-state index in [1.165, 1.54) is 39.2 Å². The number of carbonyl (C=O) groups is 4. The lowest BCUT2D eigenvalue weighted by molar-refractivity contribution is -0.294. The number of Topliss-reactive ketones (excluding diaryl/α,β-unsaturated/α-hetero) is 1. The fourth-order valence-electron chi connectivity index (χ4n) is 5.91. The largest absolute Gasteiger partial charge is 0.507 e. The molecule has 3 aliphatic rings. The average molecular weight is 634 g/mol. The highest BCUT2D eigenvalue weighted by Gasteiger charge is 2.52. The molecule has 15 heteroatoms. The maximum Gasteiger partial charge on any atom is 0.323 e. The van der Waals surface area contributed by atoms with E-state index in [9.17, 15) is 44.7 Å². The van der Waals surface area contributed by atoms with Gasteiger partial charge in [0.25, 0.3) is 0 Å². The van der Waals surface area contributed by atoms with Crippen LogP contribution in [0.4, 0.5) is 4.39 Å². The molecule has 2 aromatic rings. The molecule has 2 aliphatic carbocycles. The van der Waals surface area contributed by atoms with E-state index in [-0.39, 0.29) is 28.0 Å². The van der Waals surface area contributed by atoms with E-state index < -0.39 is 114 Å². The minimum Gasteiger partial charge on any atom is -0.507 e. The third kappa shape index (κ3) is 5.24. The molecule has 7 N–H and O–H groups in total. The number of aliphatic hydroxyl groups is 3. The Morgan fingerprint density at radius 1 is 1.11 bits per heavy atom. The van der Waals surface area contributed by atoms with Crippen molar-refractivity contribution in [3.05, 3.63) is 51.6 Å². The van der Waals surface area contributed by atoms with Crippen molar-refractivity contribution in [1.82, 2.24) is 0 Å². The predicted molar refractivity (Wildman–Crippen MR) is 148 cm³/mol. The zero-order valence-electron chi connectivity index (χ0n) is 24.4. The zero-order chi connectivity index (χ0) is 33.1. The number of ether oxygens (including phenoxy) is 4. The molecule has 1 saturated heterocycles. The number of benzene rings is 2. The molecule has 0 bridgehead atoms. The summed E-state index contributed by atoms with van der Waals surface area (Å²) in [5.74, 6) is -5.51. The van der Waals surface area contributed by atoms with Crippen LogP contribution in [-0.2, 0) is 30.2 Å². The molecule has 14 nitrogen and oxygen atoms in total. The number of hydrogen-bond donors (Lipinski definition) is 6. The van der Waals surface area contributed by atoms with Gasteiger partial charge in [-0.2, -0.15) is 0 Å². The molecular formula is C30H32FNO13. The Labute approximate surface area is 255 Å². The van der Waals surface area contributed by atoms with Crippen LogP contribution in [0, 0.1) is 0 Å². The molecule has 1 heterocycles. The van der Waals surface area contributed by atoms with Crippen LogP contribution in [-0.4, -0.2) is 105 Å². The molecule has 0 spiro atoms. The maximum atomic E-state index is 15.2. The molecule has 242 valence electrons. The predicted octanol–water partition coefficient (Wildman–Crippen LogP) is -0.119. The first-order valence-corrected chi connectivity index (χ1v) is 14.0. The van der Waals surface area contributed by atoms with E-state index in [1.807, 2.05) is 0 Å². The number of nitrogens with two attached hydrogens (primary N) is 1. The SMILES string of the molecule is COc1cccc2c1C(=O)c1c(O)c3c(c(O)c1C2=O)C[C@@](O)(C(=O)COC(=O)[C@H](C)N)C[C@@H]3O[C@@H]1O[C@@H](C)[C@@H](O)[C@@H](O)[C@H]1F. The second-order valence-electron chi connectivity index (χ2n) is 11.4. The Balaban J connectivity index is 1.65. The fourth-order valence-corrected chi connectivity index (χ4v) is 5.91. The maximum absolute atomic E-state index is 15.2. The first-order chi connectivity index (χ1) is 21.1. The molecule has 1 fully saturated rings. The van der Waals surface area contributed by atoms with Gasteiger partial charge in [0.2, 0.25) is 11.6 Å². The van der Waals surface area contributed by atoms with Gasteiger partial charge in [0.05, 0.1) is 36.0 Å². The zero-order valence-corrected chi connectivity index (χ0v) is 24.4. The average Bonchev–Trinajstić information content (AvgIpc) is 3.00. The molecule has 45 heavy (non-hydrogen) atoms.